The van der Waals surface area contributed by atoms with E-state index >= 15 is 0 Å². The lowest BCUT2D eigenvalue weighted by Gasteiger charge is -2.26. The van der Waals surface area contributed by atoms with Crippen molar-refractivity contribution in [2.45, 2.75) is 39.1 Å². The van der Waals surface area contributed by atoms with Gasteiger partial charge < -0.3 is 15.4 Å². The summed E-state index contributed by atoms with van der Waals surface area (Å²) in [6, 6.07) is 15.9. The first-order chi connectivity index (χ1) is 17.5. The van der Waals surface area contributed by atoms with Crippen LogP contribution >= 0.6 is 0 Å². The van der Waals surface area contributed by atoms with Crippen molar-refractivity contribution in [2.75, 3.05) is 4.90 Å². The number of hydrogen-bond acceptors (Lipinski definition) is 6. The number of carbonyl (C=O) groups is 3. The molecule has 0 bridgehead atoms. The highest BCUT2D eigenvalue weighted by Crippen LogP contribution is 2.30. The molecule has 0 aliphatic carbocycles. The molecule has 4 rings (SSSR count). The summed E-state index contributed by atoms with van der Waals surface area (Å²) in [6.45, 7) is 4.90. The summed E-state index contributed by atoms with van der Waals surface area (Å²) < 4.78 is 20.3. The highest BCUT2D eigenvalue weighted by molar-refractivity contribution is 6.20. The molecule has 3 N–H and O–H groups in total. The number of halogens is 1. The van der Waals surface area contributed by atoms with Gasteiger partial charge in [0.25, 0.3) is 11.8 Å². The average Bonchev–Trinajstić information content (AvgIpc) is 2.94. The SMILES string of the molecule is CC(C)(C)OC(=O)NC1N=C(c2ccccc2F)c2ccccc2N(Cc2ncccc2C(N)=O)C1=O. The van der Waals surface area contributed by atoms with Crippen molar-refractivity contribution >= 4 is 29.3 Å². The first kappa shape index (κ1) is 25.5. The number of ether oxygens (including phenoxy) is 1. The van der Waals surface area contributed by atoms with E-state index in [2.05, 4.69) is 15.3 Å². The predicted molar refractivity (Wildman–Crippen MR) is 136 cm³/mol. The first-order valence-corrected chi connectivity index (χ1v) is 11.5. The first-order valence-electron chi connectivity index (χ1n) is 11.5. The van der Waals surface area contributed by atoms with Gasteiger partial charge in [0.2, 0.25) is 6.17 Å². The Morgan fingerprint density at radius 1 is 1.05 bits per heavy atom. The number of aromatic nitrogens is 1. The molecule has 9 nitrogen and oxygen atoms in total. The minimum Gasteiger partial charge on any atom is -0.444 e. The van der Waals surface area contributed by atoms with E-state index in [-0.39, 0.29) is 29.1 Å². The number of fused-ring (bicyclic) bond motifs is 1. The van der Waals surface area contributed by atoms with E-state index in [0.717, 1.165) is 0 Å². The molecule has 1 aromatic heterocycles. The molecule has 0 saturated heterocycles. The minimum absolute atomic E-state index is 0.143. The van der Waals surface area contributed by atoms with Crippen LogP contribution in [0.1, 0.15) is 48.0 Å². The zero-order valence-corrected chi connectivity index (χ0v) is 20.6. The fourth-order valence-corrected chi connectivity index (χ4v) is 3.91. The van der Waals surface area contributed by atoms with Gasteiger partial charge in [-0.3, -0.25) is 19.9 Å². The molecule has 2 heterocycles. The Morgan fingerprint density at radius 3 is 2.41 bits per heavy atom. The lowest BCUT2D eigenvalue weighted by molar-refractivity contribution is -0.120. The number of para-hydroxylation sites is 1. The van der Waals surface area contributed by atoms with Gasteiger partial charge >= 0.3 is 6.09 Å². The van der Waals surface area contributed by atoms with Crippen molar-refractivity contribution in [3.63, 3.8) is 0 Å². The van der Waals surface area contributed by atoms with Crippen LogP contribution in [0.4, 0.5) is 14.9 Å². The van der Waals surface area contributed by atoms with Crippen molar-refractivity contribution in [1.82, 2.24) is 10.3 Å². The molecule has 1 aliphatic rings. The number of nitrogens with two attached hydrogens (primary N) is 1. The molecule has 3 aromatic rings. The summed E-state index contributed by atoms with van der Waals surface area (Å²) in [4.78, 5) is 48.6. The third-order valence-corrected chi connectivity index (χ3v) is 5.45. The molecule has 0 spiro atoms. The van der Waals surface area contributed by atoms with Crippen LogP contribution in [0.2, 0.25) is 0 Å². The number of benzene rings is 2. The van der Waals surface area contributed by atoms with Gasteiger partial charge in [0.05, 0.1) is 29.2 Å². The second-order valence-corrected chi connectivity index (χ2v) is 9.31. The second-order valence-electron chi connectivity index (χ2n) is 9.31. The van der Waals surface area contributed by atoms with Gasteiger partial charge in [0.1, 0.15) is 11.4 Å². The van der Waals surface area contributed by atoms with E-state index in [1.165, 1.54) is 23.2 Å². The number of primary amides is 1. The standard InChI is InChI=1S/C27H26FN5O4/c1-27(2,3)37-26(36)32-24-25(35)33(15-20-17(23(29)34)11-8-14-30-20)21-13-7-5-10-18(21)22(31-24)16-9-4-6-12-19(16)28/h4-14,24H,15H2,1-3H3,(H2,29,34)(H,32,36). The molecular formula is C27H26FN5O4. The Kier molecular flexibility index (Phi) is 7.01. The largest absolute Gasteiger partial charge is 0.444 e. The number of nitrogens with one attached hydrogen (secondary N) is 1. The summed E-state index contributed by atoms with van der Waals surface area (Å²) in [5.41, 5.74) is 6.25. The Hall–Kier alpha value is -4.60. The van der Waals surface area contributed by atoms with Crippen molar-refractivity contribution in [2.24, 2.45) is 10.7 Å². The number of rotatable bonds is 5. The lowest BCUT2D eigenvalue weighted by atomic mass is 9.99. The highest BCUT2D eigenvalue weighted by Gasteiger charge is 2.35. The Balaban J connectivity index is 1.87. The summed E-state index contributed by atoms with van der Waals surface area (Å²) in [5, 5.41) is 2.50. The number of hydrogen-bond donors (Lipinski definition) is 2. The van der Waals surface area contributed by atoms with Gasteiger partial charge in [-0.2, -0.15) is 0 Å². The molecule has 0 saturated carbocycles. The van der Waals surface area contributed by atoms with E-state index in [4.69, 9.17) is 10.5 Å². The van der Waals surface area contributed by atoms with Gasteiger partial charge in [0, 0.05) is 17.3 Å². The number of alkyl carbamates (subject to hydrolysis) is 1. The molecule has 10 heteroatoms. The van der Waals surface area contributed by atoms with Crippen molar-refractivity contribution in [3.8, 4) is 0 Å². The Bertz CT molecular complexity index is 1400. The van der Waals surface area contributed by atoms with E-state index in [0.29, 0.717) is 11.3 Å². The van der Waals surface area contributed by atoms with E-state index < -0.39 is 35.5 Å². The third kappa shape index (κ3) is 5.64. The number of benzodiazepines with no additional fused rings is 1. The Labute approximate surface area is 213 Å². The number of pyridine rings is 1. The van der Waals surface area contributed by atoms with Gasteiger partial charge in [-0.25, -0.2) is 14.2 Å². The van der Waals surface area contributed by atoms with Crippen molar-refractivity contribution in [1.29, 1.82) is 0 Å². The molecule has 2 aromatic carbocycles. The van der Waals surface area contributed by atoms with E-state index in [1.54, 1.807) is 69.3 Å². The number of nitrogens with zero attached hydrogens (tertiary/aromatic N) is 3. The molecule has 190 valence electrons. The summed E-state index contributed by atoms with van der Waals surface area (Å²) in [6.07, 6.45) is -0.852. The number of anilines is 1. The second kappa shape index (κ2) is 10.2. The lowest BCUT2D eigenvalue weighted by Crippen LogP contribution is -2.48. The molecule has 0 fully saturated rings. The van der Waals surface area contributed by atoms with Crippen LogP contribution in [-0.4, -0.2) is 40.4 Å². The van der Waals surface area contributed by atoms with Gasteiger partial charge in [-0.15, -0.1) is 0 Å². The van der Waals surface area contributed by atoms with Crippen molar-refractivity contribution < 1.29 is 23.5 Å². The van der Waals surface area contributed by atoms with E-state index in [1.807, 2.05) is 0 Å². The van der Waals surface area contributed by atoms with Crippen LogP contribution in [0.25, 0.3) is 0 Å². The molecule has 0 radical (unpaired) electrons. The molecule has 1 unspecified atom stereocenters. The number of amides is 3. The smallest absolute Gasteiger partial charge is 0.409 e. The minimum atomic E-state index is -1.46. The average molecular weight is 504 g/mol. The maximum Gasteiger partial charge on any atom is 0.409 e. The maximum atomic E-state index is 14.9. The van der Waals surface area contributed by atoms with Crippen LogP contribution in [0.15, 0.2) is 71.9 Å². The third-order valence-electron chi connectivity index (χ3n) is 5.45. The monoisotopic (exact) mass is 503 g/mol. The normalized spacial score (nSPS) is 15.4. The molecule has 37 heavy (non-hydrogen) atoms. The van der Waals surface area contributed by atoms with Crippen LogP contribution in [0.3, 0.4) is 0 Å². The fourth-order valence-electron chi connectivity index (χ4n) is 3.91. The molecule has 1 aliphatic heterocycles. The predicted octanol–water partition coefficient (Wildman–Crippen LogP) is 3.55. The molecule has 1 atom stereocenters. The van der Waals surface area contributed by atoms with E-state index in [9.17, 15) is 18.8 Å². The Morgan fingerprint density at radius 2 is 1.73 bits per heavy atom. The van der Waals surface area contributed by atoms with Gasteiger partial charge in [-0.05, 0) is 51.1 Å². The fraction of sp³-hybridized carbons (Fsp3) is 0.222. The number of carbonyl (C=O) groups excluding carboxylic acids is 3. The van der Waals surface area contributed by atoms with Gasteiger partial charge in [-0.1, -0.05) is 30.3 Å². The van der Waals surface area contributed by atoms with Crippen LogP contribution in [0.5, 0.6) is 0 Å². The quantitative estimate of drug-likeness (QED) is 0.551. The highest BCUT2D eigenvalue weighted by atomic mass is 19.1. The van der Waals surface area contributed by atoms with Crippen LogP contribution in [-0.2, 0) is 16.1 Å². The summed E-state index contributed by atoms with van der Waals surface area (Å²) in [5.74, 6) is -1.88. The van der Waals surface area contributed by atoms with Crippen molar-refractivity contribution in [3.05, 3.63) is 95.1 Å². The number of aliphatic imine (C=N–C) groups is 1. The molecule has 3 amide bonds. The van der Waals surface area contributed by atoms with Crippen LogP contribution in [0, 0.1) is 5.82 Å². The molecular weight excluding hydrogens is 477 g/mol. The zero-order valence-electron chi connectivity index (χ0n) is 20.6. The topological polar surface area (TPSA) is 127 Å². The summed E-state index contributed by atoms with van der Waals surface area (Å²) in [7, 11) is 0. The summed E-state index contributed by atoms with van der Waals surface area (Å²) >= 11 is 0. The zero-order chi connectivity index (χ0) is 26.7. The van der Waals surface area contributed by atoms with Gasteiger partial charge in [0.15, 0.2) is 0 Å². The maximum absolute atomic E-state index is 14.9. The van der Waals surface area contributed by atoms with Crippen LogP contribution < -0.4 is 16.0 Å².